The lowest BCUT2D eigenvalue weighted by Gasteiger charge is -2.46. The molecule has 0 aromatic rings. The first kappa shape index (κ1) is 15.8. The van der Waals surface area contributed by atoms with E-state index >= 15 is 0 Å². The second kappa shape index (κ2) is 6.26. The SMILES string of the molecule is CC1CC(C)(C)CC(NCCCN=[N+]=[N-])(C(N)=O)C1. The topological polar surface area (TPSA) is 104 Å². The van der Waals surface area contributed by atoms with Crippen LogP contribution in [0.5, 0.6) is 0 Å². The van der Waals surface area contributed by atoms with E-state index in [2.05, 4.69) is 36.1 Å². The molecule has 0 aromatic heterocycles. The van der Waals surface area contributed by atoms with Crippen molar-refractivity contribution < 1.29 is 4.79 Å². The maximum absolute atomic E-state index is 11.9. The summed E-state index contributed by atoms with van der Waals surface area (Å²) in [5.41, 5.74) is 13.4. The van der Waals surface area contributed by atoms with Gasteiger partial charge in [0.25, 0.3) is 0 Å². The molecule has 0 aliphatic heterocycles. The van der Waals surface area contributed by atoms with E-state index in [-0.39, 0.29) is 11.3 Å². The smallest absolute Gasteiger partial charge is 0.237 e. The standard InChI is InChI=1S/C13H25N5O/c1-10-7-12(2,3)9-13(8-10,11(14)19)16-5-4-6-17-18-15/h10,16H,4-9H2,1-3H3,(H2,14,19). The first-order valence-electron chi connectivity index (χ1n) is 6.87. The van der Waals surface area contributed by atoms with Crippen LogP contribution in [-0.2, 0) is 4.79 Å². The van der Waals surface area contributed by atoms with Crippen molar-refractivity contribution in [2.75, 3.05) is 13.1 Å². The molecule has 108 valence electrons. The zero-order valence-corrected chi connectivity index (χ0v) is 12.1. The zero-order valence-electron chi connectivity index (χ0n) is 12.1. The molecule has 0 bridgehead atoms. The summed E-state index contributed by atoms with van der Waals surface area (Å²) in [6.45, 7) is 7.62. The average Bonchev–Trinajstić information content (AvgIpc) is 2.25. The Bertz CT molecular complexity index is 375. The van der Waals surface area contributed by atoms with Crippen LogP contribution in [0.25, 0.3) is 10.4 Å². The fourth-order valence-electron chi connectivity index (χ4n) is 3.50. The molecule has 0 heterocycles. The van der Waals surface area contributed by atoms with E-state index in [1.807, 2.05) is 0 Å². The summed E-state index contributed by atoms with van der Waals surface area (Å²) in [6, 6.07) is 0. The number of nitrogens with two attached hydrogens (primary N) is 1. The lowest BCUT2D eigenvalue weighted by atomic mass is 9.64. The monoisotopic (exact) mass is 267 g/mol. The molecular formula is C13H25N5O. The summed E-state index contributed by atoms with van der Waals surface area (Å²) in [5, 5.41) is 6.81. The Morgan fingerprint density at radius 1 is 1.53 bits per heavy atom. The number of carbonyl (C=O) groups excluding carboxylic acids is 1. The highest BCUT2D eigenvalue weighted by Crippen LogP contribution is 2.43. The Kier molecular flexibility index (Phi) is 5.20. The highest BCUT2D eigenvalue weighted by Gasteiger charge is 2.46. The molecular weight excluding hydrogens is 242 g/mol. The summed E-state index contributed by atoms with van der Waals surface area (Å²) in [6.07, 6.45) is 3.38. The molecule has 1 amide bonds. The third kappa shape index (κ3) is 4.40. The Morgan fingerprint density at radius 3 is 2.74 bits per heavy atom. The first-order valence-corrected chi connectivity index (χ1v) is 6.87. The predicted molar refractivity (Wildman–Crippen MR) is 75.4 cm³/mol. The van der Waals surface area contributed by atoms with Gasteiger partial charge in [0.05, 0.1) is 5.54 Å². The van der Waals surface area contributed by atoms with Crippen molar-refractivity contribution in [3.63, 3.8) is 0 Å². The van der Waals surface area contributed by atoms with Crippen molar-refractivity contribution in [3.05, 3.63) is 10.4 Å². The largest absolute Gasteiger partial charge is 0.368 e. The van der Waals surface area contributed by atoms with Crippen LogP contribution < -0.4 is 11.1 Å². The van der Waals surface area contributed by atoms with E-state index in [1.54, 1.807) is 0 Å². The van der Waals surface area contributed by atoms with Crippen molar-refractivity contribution in [2.45, 2.75) is 52.0 Å². The predicted octanol–water partition coefficient (Wildman–Crippen LogP) is 2.35. The molecule has 0 aromatic carbocycles. The molecule has 3 N–H and O–H groups in total. The number of primary amides is 1. The van der Waals surface area contributed by atoms with Crippen LogP contribution in [-0.4, -0.2) is 24.5 Å². The van der Waals surface area contributed by atoms with Crippen molar-refractivity contribution in [1.82, 2.24) is 5.32 Å². The summed E-state index contributed by atoms with van der Waals surface area (Å²) in [5.74, 6) is 0.205. The minimum absolute atomic E-state index is 0.116. The third-order valence-corrected chi connectivity index (χ3v) is 3.81. The van der Waals surface area contributed by atoms with Crippen molar-refractivity contribution in [3.8, 4) is 0 Å². The second-order valence-corrected chi connectivity index (χ2v) is 6.54. The second-order valence-electron chi connectivity index (χ2n) is 6.54. The van der Waals surface area contributed by atoms with Crippen LogP contribution in [0.3, 0.4) is 0 Å². The van der Waals surface area contributed by atoms with Gasteiger partial charge in [0.2, 0.25) is 5.91 Å². The minimum atomic E-state index is -0.614. The molecule has 0 radical (unpaired) electrons. The van der Waals surface area contributed by atoms with Crippen LogP contribution in [0, 0.1) is 11.3 Å². The number of hydrogen-bond donors (Lipinski definition) is 2. The molecule has 0 spiro atoms. The van der Waals surface area contributed by atoms with Gasteiger partial charge in [-0.15, -0.1) is 0 Å². The fourth-order valence-corrected chi connectivity index (χ4v) is 3.50. The van der Waals surface area contributed by atoms with Crippen LogP contribution in [0.4, 0.5) is 0 Å². The number of rotatable bonds is 6. The van der Waals surface area contributed by atoms with Gasteiger partial charge in [0.1, 0.15) is 0 Å². The number of nitrogens with zero attached hydrogens (tertiary/aromatic N) is 3. The third-order valence-electron chi connectivity index (χ3n) is 3.81. The molecule has 1 saturated carbocycles. The fraction of sp³-hybridized carbons (Fsp3) is 0.923. The van der Waals surface area contributed by atoms with E-state index in [1.165, 1.54) is 0 Å². The van der Waals surface area contributed by atoms with Crippen LogP contribution in [0.1, 0.15) is 46.5 Å². The van der Waals surface area contributed by atoms with E-state index in [0.29, 0.717) is 25.4 Å². The first-order chi connectivity index (χ1) is 8.81. The molecule has 1 aliphatic carbocycles. The molecule has 1 aliphatic rings. The van der Waals surface area contributed by atoms with E-state index in [4.69, 9.17) is 11.3 Å². The van der Waals surface area contributed by atoms with Crippen molar-refractivity contribution in [2.24, 2.45) is 22.2 Å². The Morgan fingerprint density at radius 2 is 2.21 bits per heavy atom. The summed E-state index contributed by atoms with van der Waals surface area (Å²) >= 11 is 0. The molecule has 1 rings (SSSR count). The highest BCUT2D eigenvalue weighted by atomic mass is 16.1. The number of nitrogens with one attached hydrogen (secondary N) is 1. The Balaban J connectivity index is 2.68. The number of amides is 1. The van der Waals surface area contributed by atoms with Gasteiger partial charge in [-0.1, -0.05) is 25.9 Å². The van der Waals surface area contributed by atoms with Gasteiger partial charge in [-0.05, 0) is 49.1 Å². The maximum atomic E-state index is 11.9. The molecule has 6 heteroatoms. The Hall–Kier alpha value is -1.26. The van der Waals surface area contributed by atoms with E-state index < -0.39 is 5.54 Å². The van der Waals surface area contributed by atoms with Crippen LogP contribution in [0.2, 0.25) is 0 Å². The summed E-state index contributed by atoms with van der Waals surface area (Å²) < 4.78 is 0. The molecule has 6 nitrogen and oxygen atoms in total. The normalized spacial score (nSPS) is 29.5. The van der Waals surface area contributed by atoms with Gasteiger partial charge in [0, 0.05) is 11.5 Å². The number of hydrogen-bond acceptors (Lipinski definition) is 3. The van der Waals surface area contributed by atoms with E-state index in [9.17, 15) is 4.79 Å². The highest BCUT2D eigenvalue weighted by molar-refractivity contribution is 5.85. The summed E-state index contributed by atoms with van der Waals surface area (Å²) in [4.78, 5) is 14.6. The van der Waals surface area contributed by atoms with E-state index in [0.717, 1.165) is 19.3 Å². The van der Waals surface area contributed by atoms with Gasteiger partial charge in [0.15, 0.2) is 0 Å². The Labute approximate surface area is 114 Å². The quantitative estimate of drug-likeness (QED) is 0.334. The van der Waals surface area contributed by atoms with Crippen LogP contribution in [0.15, 0.2) is 5.11 Å². The van der Waals surface area contributed by atoms with Gasteiger partial charge in [-0.25, -0.2) is 0 Å². The molecule has 2 unspecified atom stereocenters. The van der Waals surface area contributed by atoms with Crippen LogP contribution >= 0.6 is 0 Å². The average molecular weight is 267 g/mol. The maximum Gasteiger partial charge on any atom is 0.237 e. The number of carbonyl (C=O) groups is 1. The minimum Gasteiger partial charge on any atom is -0.368 e. The van der Waals surface area contributed by atoms with Crippen molar-refractivity contribution >= 4 is 5.91 Å². The molecule has 1 fully saturated rings. The molecule has 19 heavy (non-hydrogen) atoms. The number of azide groups is 1. The summed E-state index contributed by atoms with van der Waals surface area (Å²) in [7, 11) is 0. The molecule has 2 atom stereocenters. The van der Waals surface area contributed by atoms with Gasteiger partial charge >= 0.3 is 0 Å². The van der Waals surface area contributed by atoms with Gasteiger partial charge < -0.3 is 11.1 Å². The van der Waals surface area contributed by atoms with Gasteiger partial charge in [-0.2, -0.15) is 0 Å². The lowest BCUT2D eigenvalue weighted by molar-refractivity contribution is -0.128. The zero-order chi connectivity index (χ0) is 14.5. The van der Waals surface area contributed by atoms with Gasteiger partial charge in [-0.3, -0.25) is 4.79 Å². The molecule has 0 saturated heterocycles. The van der Waals surface area contributed by atoms with Crippen molar-refractivity contribution in [1.29, 1.82) is 0 Å². The lowest BCUT2D eigenvalue weighted by Crippen LogP contribution is -2.60.